The zero-order valence-electron chi connectivity index (χ0n) is 35.5. The van der Waals surface area contributed by atoms with E-state index in [4.69, 9.17) is 28.8 Å². The summed E-state index contributed by atoms with van der Waals surface area (Å²) in [6, 6.07) is 39.7. The van der Waals surface area contributed by atoms with E-state index in [-0.39, 0.29) is 16.7 Å². The van der Waals surface area contributed by atoms with Crippen LogP contribution < -0.4 is 0 Å². The average Bonchev–Trinajstić information content (AvgIpc) is 3.30. The van der Waals surface area contributed by atoms with Crippen LogP contribution in [0.15, 0.2) is 141 Å². The third-order valence-corrected chi connectivity index (χ3v) is 14.3. The number of benzene rings is 8. The molecule has 0 spiro atoms. The van der Waals surface area contributed by atoms with Gasteiger partial charge in [0.15, 0.2) is 0 Å². The standard InChI is InChI=1S/C49H44O12S4/c1-28(2)40-15-10-35(48-26-38(64-61-58-52)13-19-45(40)48)23-34-8-6-31(43-18-12-37(25-47(34)43)63-60-57-51)22-33-7-5-30(42-17-11-36(24-46(33)42)62-59-56-50)21-32-9-16-41(29(3)4)49-27-39(65(53,54)55)14-20-44(32)49/h5-20,24-29,50-52H,21-23H2,1-4H3,(H,53,54,55). The van der Waals surface area contributed by atoms with Crippen molar-refractivity contribution >= 4 is 89.3 Å². The predicted octanol–water partition coefficient (Wildman–Crippen LogP) is 13.9. The van der Waals surface area contributed by atoms with Crippen LogP contribution in [0.4, 0.5) is 0 Å². The lowest BCUT2D eigenvalue weighted by Gasteiger charge is -2.18. The summed E-state index contributed by atoms with van der Waals surface area (Å²) in [6.07, 6.45) is 1.66. The summed E-state index contributed by atoms with van der Waals surface area (Å²) in [5.74, 6) is 0.395. The van der Waals surface area contributed by atoms with Gasteiger partial charge in [-0.05, 0) is 167 Å². The van der Waals surface area contributed by atoms with Gasteiger partial charge in [0, 0.05) is 14.7 Å². The van der Waals surface area contributed by atoms with Gasteiger partial charge < -0.3 is 0 Å². The van der Waals surface area contributed by atoms with Gasteiger partial charge in [-0.15, -0.1) is 13.0 Å². The van der Waals surface area contributed by atoms with Gasteiger partial charge in [0.1, 0.15) is 0 Å². The monoisotopic (exact) mass is 952 g/mol. The van der Waals surface area contributed by atoms with Gasteiger partial charge in [0.05, 0.1) is 41.0 Å². The minimum Gasteiger partial charge on any atom is -0.282 e. The minimum absolute atomic E-state index is 0.112. The lowest BCUT2D eigenvalue weighted by molar-refractivity contribution is -0.432. The molecule has 0 aliphatic rings. The van der Waals surface area contributed by atoms with Crippen molar-refractivity contribution < 1.29 is 56.9 Å². The fourth-order valence-electron chi connectivity index (χ4n) is 8.75. The van der Waals surface area contributed by atoms with Crippen LogP contribution >= 0.6 is 36.1 Å². The molecule has 8 aromatic carbocycles. The zero-order chi connectivity index (χ0) is 45.8. The van der Waals surface area contributed by atoms with Gasteiger partial charge >= 0.3 is 0 Å². The molecule has 0 radical (unpaired) electrons. The number of rotatable bonds is 18. The molecule has 0 atom stereocenters. The van der Waals surface area contributed by atoms with E-state index in [0.29, 0.717) is 24.2 Å². The van der Waals surface area contributed by atoms with E-state index in [9.17, 15) is 13.0 Å². The van der Waals surface area contributed by atoms with E-state index in [1.807, 2.05) is 68.4 Å². The first kappa shape index (κ1) is 46.9. The van der Waals surface area contributed by atoms with Gasteiger partial charge in [-0.1, -0.05) is 116 Å². The Labute approximate surface area is 388 Å². The third-order valence-electron chi connectivity index (χ3n) is 11.7. The normalized spacial score (nSPS) is 12.2. The van der Waals surface area contributed by atoms with Crippen molar-refractivity contribution in [3.8, 4) is 0 Å². The Morgan fingerprint density at radius 3 is 1.12 bits per heavy atom. The van der Waals surface area contributed by atoms with Crippen molar-refractivity contribution in [1.82, 2.24) is 0 Å². The number of hydrogen-bond donors (Lipinski definition) is 4. The molecule has 0 unspecified atom stereocenters. The van der Waals surface area contributed by atoms with Gasteiger partial charge in [-0.25, -0.2) is 15.8 Å². The van der Waals surface area contributed by atoms with Crippen molar-refractivity contribution in [2.75, 3.05) is 0 Å². The summed E-state index contributed by atoms with van der Waals surface area (Å²) in [5.41, 5.74) is 8.47. The highest BCUT2D eigenvalue weighted by Gasteiger charge is 2.19. The molecule has 0 heterocycles. The minimum atomic E-state index is -4.40. The Bertz CT molecular complexity index is 3160. The molecular weight excluding hydrogens is 909 g/mol. The molecule has 8 aromatic rings. The van der Waals surface area contributed by atoms with E-state index in [2.05, 4.69) is 77.5 Å². The number of fused-ring (bicyclic) bond motifs is 4. The highest BCUT2D eigenvalue weighted by molar-refractivity contribution is 7.95. The molecule has 0 fully saturated rings. The van der Waals surface area contributed by atoms with Gasteiger partial charge in [0.2, 0.25) is 0 Å². The molecule has 0 amide bonds. The Morgan fingerprint density at radius 2 is 0.738 bits per heavy atom. The Balaban J connectivity index is 1.22. The molecule has 0 aliphatic carbocycles. The van der Waals surface area contributed by atoms with E-state index in [0.717, 1.165) is 128 Å². The van der Waals surface area contributed by atoms with Crippen LogP contribution in [-0.4, -0.2) is 28.7 Å². The van der Waals surface area contributed by atoms with Crippen LogP contribution in [0.25, 0.3) is 43.1 Å². The Kier molecular flexibility index (Phi) is 14.8. The molecule has 0 saturated carbocycles. The lowest BCUT2D eigenvalue weighted by Crippen LogP contribution is -2.01. The summed E-state index contributed by atoms with van der Waals surface area (Å²) in [5, 5.41) is 46.3. The highest BCUT2D eigenvalue weighted by Crippen LogP contribution is 2.39. The van der Waals surface area contributed by atoms with E-state index >= 15 is 0 Å². The molecule has 16 heteroatoms. The molecular formula is C49H44O12S4. The first-order valence-electron chi connectivity index (χ1n) is 20.5. The van der Waals surface area contributed by atoms with Crippen molar-refractivity contribution in [2.45, 2.75) is 78.4 Å². The largest absolute Gasteiger partial charge is 0.294 e. The molecule has 4 N–H and O–H groups in total. The molecule has 0 aliphatic heterocycles. The fourth-order valence-corrected chi connectivity index (χ4v) is 10.5. The first-order chi connectivity index (χ1) is 31.4. The second-order valence-corrected chi connectivity index (χ2v) is 20.0. The summed E-state index contributed by atoms with van der Waals surface area (Å²) in [7, 11) is -4.40. The van der Waals surface area contributed by atoms with Gasteiger partial charge in [-0.3, -0.25) is 4.55 Å². The quantitative estimate of drug-likeness (QED) is 0.0277. The fraction of sp³-hybridized carbons (Fsp3) is 0.184. The molecule has 0 bridgehead atoms. The third kappa shape index (κ3) is 10.4. The van der Waals surface area contributed by atoms with Crippen LogP contribution in [0.3, 0.4) is 0 Å². The van der Waals surface area contributed by atoms with E-state index in [1.165, 1.54) is 11.6 Å². The number of hydrogen-bond acceptors (Lipinski definition) is 14. The van der Waals surface area contributed by atoms with E-state index in [1.54, 1.807) is 12.1 Å². The molecule has 12 nitrogen and oxygen atoms in total. The SMILES string of the molecule is CC(C)c1ccc(Cc2ccc(Cc3ccc(Cc4ccc(C(C)C)c5cc(S(=O)(=O)O)ccc45)c4ccc(SOOO)cc34)c3ccc(SOOO)cc23)c2cc(SOOO)ccc12. The van der Waals surface area contributed by atoms with Crippen LogP contribution in [0.2, 0.25) is 0 Å². The summed E-state index contributed by atoms with van der Waals surface area (Å²) in [6.45, 7) is 8.43. The maximum Gasteiger partial charge on any atom is 0.294 e. The Hall–Kier alpha value is -4.60. The van der Waals surface area contributed by atoms with Crippen LogP contribution in [0.1, 0.15) is 84.0 Å². The van der Waals surface area contributed by atoms with Crippen LogP contribution in [0, 0.1) is 0 Å². The first-order valence-corrected chi connectivity index (χ1v) is 24.1. The van der Waals surface area contributed by atoms with Crippen LogP contribution in [0.5, 0.6) is 0 Å². The maximum atomic E-state index is 12.2. The second-order valence-electron chi connectivity index (χ2n) is 16.2. The average molecular weight is 953 g/mol. The van der Waals surface area contributed by atoms with E-state index < -0.39 is 10.1 Å². The lowest BCUT2D eigenvalue weighted by atomic mass is 9.87. The summed E-state index contributed by atoms with van der Waals surface area (Å²) < 4.78 is 48.7. The molecule has 0 aromatic heterocycles. The Morgan fingerprint density at radius 1 is 0.415 bits per heavy atom. The smallest absolute Gasteiger partial charge is 0.282 e. The molecule has 336 valence electrons. The van der Waals surface area contributed by atoms with Crippen molar-refractivity contribution in [2.24, 2.45) is 0 Å². The highest BCUT2D eigenvalue weighted by atomic mass is 32.2. The van der Waals surface area contributed by atoms with Crippen molar-refractivity contribution in [1.29, 1.82) is 0 Å². The topological polar surface area (TPSA) is 170 Å². The van der Waals surface area contributed by atoms with Crippen molar-refractivity contribution in [3.63, 3.8) is 0 Å². The molecule has 65 heavy (non-hydrogen) atoms. The maximum absolute atomic E-state index is 12.2. The molecule has 0 saturated heterocycles. The second kappa shape index (κ2) is 20.5. The van der Waals surface area contributed by atoms with Gasteiger partial charge in [0.25, 0.3) is 10.1 Å². The molecule has 8 rings (SSSR count). The van der Waals surface area contributed by atoms with Crippen molar-refractivity contribution in [3.05, 3.63) is 166 Å². The van der Waals surface area contributed by atoms with Gasteiger partial charge in [-0.2, -0.15) is 8.42 Å². The van der Waals surface area contributed by atoms with Crippen LogP contribution in [-0.2, 0) is 57.5 Å². The zero-order valence-corrected chi connectivity index (χ0v) is 38.8. The summed E-state index contributed by atoms with van der Waals surface area (Å²) >= 11 is 2.69. The predicted molar refractivity (Wildman–Crippen MR) is 254 cm³/mol. The summed E-state index contributed by atoms with van der Waals surface area (Å²) in [4.78, 5) is 2.03.